The van der Waals surface area contributed by atoms with Crippen LogP contribution in [0.1, 0.15) is 33.9 Å². The summed E-state index contributed by atoms with van der Waals surface area (Å²) in [4.78, 5) is 40.2. The summed E-state index contributed by atoms with van der Waals surface area (Å²) < 4.78 is 0. The van der Waals surface area contributed by atoms with E-state index in [1.165, 1.54) is 0 Å². The van der Waals surface area contributed by atoms with Gasteiger partial charge in [0, 0.05) is 25.1 Å². The van der Waals surface area contributed by atoms with Gasteiger partial charge in [-0.25, -0.2) is 0 Å². The Bertz CT molecular complexity index is 1210. The van der Waals surface area contributed by atoms with E-state index in [9.17, 15) is 14.4 Å². The number of hydrogen-bond donors (Lipinski definition) is 2. The van der Waals surface area contributed by atoms with Crippen LogP contribution >= 0.6 is 0 Å². The summed E-state index contributed by atoms with van der Waals surface area (Å²) in [5.41, 5.74) is 4.60. The van der Waals surface area contributed by atoms with Crippen LogP contribution in [0.2, 0.25) is 0 Å². The van der Waals surface area contributed by atoms with Crippen LogP contribution in [0.5, 0.6) is 0 Å². The van der Waals surface area contributed by atoms with Gasteiger partial charge in [0.1, 0.15) is 6.04 Å². The van der Waals surface area contributed by atoms with Crippen molar-refractivity contribution in [1.29, 1.82) is 0 Å². The lowest BCUT2D eigenvalue weighted by Crippen LogP contribution is -2.58. The number of nitrogens with zero attached hydrogens (tertiary/aromatic N) is 1. The van der Waals surface area contributed by atoms with E-state index in [2.05, 4.69) is 10.6 Å². The SMILES string of the molecule is O=C1N[C@H](CC(=O)N2CCNC(=O)[C@@H]2Cc2ccccc2-c2ccccc2)c2ccccc21. The molecule has 2 aliphatic heterocycles. The van der Waals surface area contributed by atoms with E-state index in [1.807, 2.05) is 72.8 Å². The Kier molecular flexibility index (Phi) is 5.65. The average molecular weight is 440 g/mol. The molecule has 2 aliphatic rings. The van der Waals surface area contributed by atoms with E-state index >= 15 is 0 Å². The molecule has 6 heteroatoms. The zero-order valence-electron chi connectivity index (χ0n) is 18.2. The van der Waals surface area contributed by atoms with Gasteiger partial charge in [0.2, 0.25) is 11.8 Å². The third kappa shape index (κ3) is 4.12. The maximum absolute atomic E-state index is 13.4. The minimum Gasteiger partial charge on any atom is -0.353 e. The van der Waals surface area contributed by atoms with Crippen LogP contribution < -0.4 is 10.6 Å². The summed E-state index contributed by atoms with van der Waals surface area (Å²) in [6, 6.07) is 24.4. The largest absolute Gasteiger partial charge is 0.353 e. The number of amides is 3. The molecule has 2 atom stereocenters. The van der Waals surface area contributed by atoms with Crippen LogP contribution in [0.25, 0.3) is 11.1 Å². The summed E-state index contributed by atoms with van der Waals surface area (Å²) in [5, 5.41) is 5.82. The summed E-state index contributed by atoms with van der Waals surface area (Å²) in [7, 11) is 0. The van der Waals surface area contributed by atoms with Gasteiger partial charge in [0.05, 0.1) is 12.5 Å². The quantitative estimate of drug-likeness (QED) is 0.641. The number of benzene rings is 3. The first-order valence-corrected chi connectivity index (χ1v) is 11.2. The number of hydrogen-bond acceptors (Lipinski definition) is 3. The molecule has 1 saturated heterocycles. The van der Waals surface area contributed by atoms with Crippen molar-refractivity contribution in [2.75, 3.05) is 13.1 Å². The Morgan fingerprint density at radius 3 is 2.39 bits per heavy atom. The van der Waals surface area contributed by atoms with E-state index in [4.69, 9.17) is 0 Å². The molecule has 2 heterocycles. The van der Waals surface area contributed by atoms with Gasteiger partial charge in [-0.3, -0.25) is 14.4 Å². The maximum atomic E-state index is 13.4. The van der Waals surface area contributed by atoms with E-state index in [-0.39, 0.29) is 30.2 Å². The Morgan fingerprint density at radius 2 is 1.58 bits per heavy atom. The molecule has 5 rings (SSSR count). The molecule has 0 aromatic heterocycles. The molecular weight excluding hydrogens is 414 g/mol. The van der Waals surface area contributed by atoms with Gasteiger partial charge in [-0.2, -0.15) is 0 Å². The van der Waals surface area contributed by atoms with Gasteiger partial charge >= 0.3 is 0 Å². The third-order valence-electron chi connectivity index (χ3n) is 6.43. The predicted molar refractivity (Wildman–Crippen MR) is 125 cm³/mol. The van der Waals surface area contributed by atoms with Gasteiger partial charge in [-0.15, -0.1) is 0 Å². The van der Waals surface area contributed by atoms with Crippen LogP contribution in [0.3, 0.4) is 0 Å². The first-order valence-electron chi connectivity index (χ1n) is 11.2. The van der Waals surface area contributed by atoms with Gasteiger partial charge in [0.15, 0.2) is 0 Å². The molecule has 2 N–H and O–H groups in total. The second-order valence-corrected chi connectivity index (χ2v) is 8.44. The highest BCUT2D eigenvalue weighted by Gasteiger charge is 2.36. The van der Waals surface area contributed by atoms with Gasteiger partial charge in [-0.05, 0) is 28.3 Å². The number of fused-ring (bicyclic) bond motifs is 1. The third-order valence-corrected chi connectivity index (χ3v) is 6.43. The predicted octanol–water partition coefficient (Wildman–Crippen LogP) is 3.10. The van der Waals surface area contributed by atoms with Crippen LogP contribution in [0, 0.1) is 0 Å². The fraction of sp³-hybridized carbons (Fsp3) is 0.222. The number of rotatable bonds is 5. The second-order valence-electron chi connectivity index (χ2n) is 8.44. The minimum atomic E-state index is -0.594. The normalized spacial score (nSPS) is 19.6. The molecule has 0 unspecified atom stereocenters. The van der Waals surface area contributed by atoms with E-state index < -0.39 is 6.04 Å². The molecule has 0 radical (unpaired) electrons. The summed E-state index contributed by atoms with van der Waals surface area (Å²) >= 11 is 0. The summed E-state index contributed by atoms with van der Waals surface area (Å²) in [5.74, 6) is -0.435. The first-order chi connectivity index (χ1) is 16.1. The van der Waals surface area contributed by atoms with Crippen molar-refractivity contribution in [2.24, 2.45) is 0 Å². The Labute approximate surface area is 192 Å². The monoisotopic (exact) mass is 439 g/mol. The van der Waals surface area contributed by atoms with Crippen molar-refractivity contribution in [2.45, 2.75) is 24.9 Å². The Hall–Kier alpha value is -3.93. The van der Waals surface area contributed by atoms with Crippen LogP contribution in [0.4, 0.5) is 0 Å². The average Bonchev–Trinajstić information content (AvgIpc) is 3.16. The maximum Gasteiger partial charge on any atom is 0.252 e. The molecule has 0 aliphatic carbocycles. The van der Waals surface area contributed by atoms with Crippen molar-refractivity contribution < 1.29 is 14.4 Å². The standard InChI is InChI=1S/C27H25N3O3/c31-25(17-23-21-12-6-7-13-22(21)26(32)29-23)30-15-14-28-27(33)24(30)16-19-10-4-5-11-20(19)18-8-2-1-3-9-18/h1-13,23-24H,14-17H2,(H,28,33)(H,29,32)/t23-,24+/m1/s1. The van der Waals surface area contributed by atoms with E-state index in [0.717, 1.165) is 22.3 Å². The van der Waals surface area contributed by atoms with Crippen molar-refractivity contribution >= 4 is 17.7 Å². The zero-order valence-corrected chi connectivity index (χ0v) is 18.2. The fourth-order valence-electron chi connectivity index (χ4n) is 4.80. The lowest BCUT2D eigenvalue weighted by atomic mass is 9.93. The molecule has 0 bridgehead atoms. The summed E-state index contributed by atoms with van der Waals surface area (Å²) in [6.45, 7) is 0.875. The molecule has 166 valence electrons. The molecular formula is C27H25N3O3. The van der Waals surface area contributed by atoms with Gasteiger partial charge in [-0.1, -0.05) is 72.8 Å². The van der Waals surface area contributed by atoms with E-state index in [0.29, 0.717) is 25.1 Å². The van der Waals surface area contributed by atoms with Crippen molar-refractivity contribution in [3.63, 3.8) is 0 Å². The highest BCUT2D eigenvalue weighted by atomic mass is 16.2. The second kappa shape index (κ2) is 8.90. The van der Waals surface area contributed by atoms with Crippen molar-refractivity contribution in [3.8, 4) is 11.1 Å². The lowest BCUT2D eigenvalue weighted by molar-refractivity contribution is -0.143. The zero-order chi connectivity index (χ0) is 22.8. The minimum absolute atomic E-state index is 0.131. The van der Waals surface area contributed by atoms with Gasteiger partial charge < -0.3 is 15.5 Å². The lowest BCUT2D eigenvalue weighted by Gasteiger charge is -2.36. The number of carbonyl (C=O) groups excluding carboxylic acids is 3. The first kappa shape index (κ1) is 20.9. The fourth-order valence-corrected chi connectivity index (χ4v) is 4.80. The van der Waals surface area contributed by atoms with Gasteiger partial charge in [0.25, 0.3) is 5.91 Å². The Morgan fingerprint density at radius 1 is 0.879 bits per heavy atom. The molecule has 0 spiro atoms. The highest BCUT2D eigenvalue weighted by Crippen LogP contribution is 2.30. The molecule has 33 heavy (non-hydrogen) atoms. The molecule has 1 fully saturated rings. The highest BCUT2D eigenvalue weighted by molar-refractivity contribution is 6.00. The Balaban J connectivity index is 1.38. The summed E-state index contributed by atoms with van der Waals surface area (Å²) in [6.07, 6.45) is 0.559. The number of nitrogens with one attached hydrogen (secondary N) is 2. The van der Waals surface area contributed by atoms with Crippen molar-refractivity contribution in [1.82, 2.24) is 15.5 Å². The molecule has 6 nitrogen and oxygen atoms in total. The smallest absolute Gasteiger partial charge is 0.252 e. The molecule has 0 saturated carbocycles. The van der Waals surface area contributed by atoms with Crippen molar-refractivity contribution in [3.05, 3.63) is 95.6 Å². The molecule has 3 aromatic carbocycles. The van der Waals surface area contributed by atoms with Crippen LogP contribution in [-0.4, -0.2) is 41.8 Å². The number of carbonyl (C=O) groups is 3. The van der Waals surface area contributed by atoms with Crippen LogP contribution in [-0.2, 0) is 16.0 Å². The number of piperazine rings is 1. The topological polar surface area (TPSA) is 78.5 Å². The van der Waals surface area contributed by atoms with E-state index in [1.54, 1.807) is 11.0 Å². The molecule has 3 amide bonds. The van der Waals surface area contributed by atoms with Crippen LogP contribution in [0.15, 0.2) is 78.9 Å². The molecule has 3 aromatic rings.